The second-order valence-electron chi connectivity index (χ2n) is 6.83. The SMILES string of the molecule is c1ccc(-c2ccc(-c3nnc(-c4ccccc4)n3-c3ccccc3)cc2)cc1. The van der Waals surface area contributed by atoms with Gasteiger partial charge in [0.1, 0.15) is 0 Å². The lowest BCUT2D eigenvalue weighted by atomic mass is 10.0. The fourth-order valence-electron chi connectivity index (χ4n) is 3.51. The van der Waals surface area contributed by atoms with E-state index in [1.807, 2.05) is 42.5 Å². The molecular formula is C26H19N3. The van der Waals surface area contributed by atoms with E-state index in [4.69, 9.17) is 0 Å². The summed E-state index contributed by atoms with van der Waals surface area (Å²) in [4.78, 5) is 0. The number of nitrogens with zero attached hydrogens (tertiary/aromatic N) is 3. The number of hydrogen-bond donors (Lipinski definition) is 0. The zero-order chi connectivity index (χ0) is 19.5. The van der Waals surface area contributed by atoms with Crippen molar-refractivity contribution in [3.63, 3.8) is 0 Å². The Kier molecular flexibility index (Phi) is 4.47. The molecule has 0 spiro atoms. The standard InChI is InChI=1S/C26H19N3/c1-4-10-20(11-5-1)21-16-18-23(19-17-21)26-28-27-25(22-12-6-2-7-13-22)29(26)24-14-8-3-9-15-24/h1-19H. The van der Waals surface area contributed by atoms with Crippen LogP contribution in [0.15, 0.2) is 115 Å². The molecule has 0 bridgehead atoms. The van der Waals surface area contributed by atoms with Gasteiger partial charge in [-0.25, -0.2) is 0 Å². The van der Waals surface area contributed by atoms with Gasteiger partial charge in [-0.1, -0.05) is 103 Å². The fourth-order valence-corrected chi connectivity index (χ4v) is 3.51. The van der Waals surface area contributed by atoms with Crippen molar-refractivity contribution in [2.45, 2.75) is 0 Å². The Bertz CT molecular complexity index is 1210. The molecule has 0 unspecified atom stereocenters. The minimum absolute atomic E-state index is 0.828. The smallest absolute Gasteiger partial charge is 0.168 e. The molecule has 0 saturated heterocycles. The van der Waals surface area contributed by atoms with Crippen molar-refractivity contribution in [2.75, 3.05) is 0 Å². The molecule has 0 saturated carbocycles. The van der Waals surface area contributed by atoms with Crippen molar-refractivity contribution in [3.8, 4) is 39.6 Å². The van der Waals surface area contributed by atoms with Crippen LogP contribution in [0.25, 0.3) is 39.6 Å². The van der Waals surface area contributed by atoms with E-state index in [-0.39, 0.29) is 0 Å². The van der Waals surface area contributed by atoms with E-state index in [1.165, 1.54) is 11.1 Å². The van der Waals surface area contributed by atoms with Gasteiger partial charge in [-0.2, -0.15) is 0 Å². The first-order valence-corrected chi connectivity index (χ1v) is 9.62. The van der Waals surface area contributed by atoms with E-state index in [0.717, 1.165) is 28.5 Å². The molecule has 4 aromatic carbocycles. The monoisotopic (exact) mass is 373 g/mol. The molecule has 3 nitrogen and oxygen atoms in total. The Morgan fingerprint density at radius 3 is 1.31 bits per heavy atom. The number of aromatic nitrogens is 3. The van der Waals surface area contributed by atoms with Crippen LogP contribution < -0.4 is 0 Å². The molecule has 138 valence electrons. The van der Waals surface area contributed by atoms with Crippen LogP contribution in [-0.4, -0.2) is 14.8 Å². The summed E-state index contributed by atoms with van der Waals surface area (Å²) in [7, 11) is 0. The average Bonchev–Trinajstić information content (AvgIpc) is 3.26. The summed E-state index contributed by atoms with van der Waals surface area (Å²) in [6.07, 6.45) is 0. The molecule has 0 radical (unpaired) electrons. The molecule has 1 heterocycles. The van der Waals surface area contributed by atoms with Gasteiger partial charge in [-0.3, -0.25) is 4.57 Å². The third kappa shape index (κ3) is 3.34. The topological polar surface area (TPSA) is 30.7 Å². The molecule has 3 heteroatoms. The molecule has 0 aliphatic carbocycles. The average molecular weight is 373 g/mol. The van der Waals surface area contributed by atoms with Gasteiger partial charge in [-0.15, -0.1) is 10.2 Å². The van der Waals surface area contributed by atoms with Crippen molar-refractivity contribution < 1.29 is 0 Å². The predicted molar refractivity (Wildman–Crippen MR) is 118 cm³/mol. The minimum Gasteiger partial charge on any atom is -0.275 e. The molecule has 0 amide bonds. The van der Waals surface area contributed by atoms with Crippen molar-refractivity contribution in [3.05, 3.63) is 115 Å². The Labute approximate surface area is 169 Å². The molecule has 0 fully saturated rings. The van der Waals surface area contributed by atoms with Gasteiger partial charge >= 0.3 is 0 Å². The van der Waals surface area contributed by atoms with Gasteiger partial charge in [0.15, 0.2) is 11.6 Å². The van der Waals surface area contributed by atoms with E-state index in [2.05, 4.69) is 87.6 Å². The second kappa shape index (κ2) is 7.56. The Balaban J connectivity index is 1.63. The molecule has 29 heavy (non-hydrogen) atoms. The summed E-state index contributed by atoms with van der Waals surface area (Å²) in [5.74, 6) is 1.66. The quantitative estimate of drug-likeness (QED) is 0.372. The highest BCUT2D eigenvalue weighted by molar-refractivity contribution is 5.70. The molecule has 1 aromatic heterocycles. The van der Waals surface area contributed by atoms with E-state index in [0.29, 0.717) is 0 Å². The first-order chi connectivity index (χ1) is 14.4. The van der Waals surface area contributed by atoms with E-state index < -0.39 is 0 Å². The Morgan fingerprint density at radius 2 is 0.759 bits per heavy atom. The third-order valence-corrected chi connectivity index (χ3v) is 4.96. The normalized spacial score (nSPS) is 10.8. The molecule has 5 aromatic rings. The molecule has 0 aliphatic heterocycles. The lowest BCUT2D eigenvalue weighted by Crippen LogP contribution is -2.00. The van der Waals surface area contributed by atoms with E-state index in [9.17, 15) is 0 Å². The van der Waals surface area contributed by atoms with Gasteiger partial charge in [0.05, 0.1) is 0 Å². The van der Waals surface area contributed by atoms with Crippen LogP contribution in [0.2, 0.25) is 0 Å². The van der Waals surface area contributed by atoms with Crippen LogP contribution in [0.4, 0.5) is 0 Å². The zero-order valence-corrected chi connectivity index (χ0v) is 15.8. The highest BCUT2D eigenvalue weighted by atomic mass is 15.3. The minimum atomic E-state index is 0.828. The van der Waals surface area contributed by atoms with Crippen molar-refractivity contribution >= 4 is 0 Å². The van der Waals surface area contributed by atoms with Crippen LogP contribution >= 0.6 is 0 Å². The largest absolute Gasteiger partial charge is 0.275 e. The summed E-state index contributed by atoms with van der Waals surface area (Å²) in [6, 6.07) is 39.3. The maximum atomic E-state index is 4.55. The van der Waals surface area contributed by atoms with Crippen LogP contribution in [0.5, 0.6) is 0 Å². The molecule has 0 N–H and O–H groups in total. The van der Waals surface area contributed by atoms with Gasteiger partial charge in [0, 0.05) is 16.8 Å². The van der Waals surface area contributed by atoms with Gasteiger partial charge in [0.2, 0.25) is 0 Å². The molecule has 5 rings (SSSR count). The third-order valence-electron chi connectivity index (χ3n) is 4.96. The number of rotatable bonds is 4. The Hall–Kier alpha value is -3.98. The predicted octanol–water partition coefficient (Wildman–Crippen LogP) is 6.27. The zero-order valence-electron chi connectivity index (χ0n) is 15.8. The van der Waals surface area contributed by atoms with Crippen LogP contribution in [0.3, 0.4) is 0 Å². The molecule has 0 atom stereocenters. The fraction of sp³-hybridized carbons (Fsp3) is 0. The van der Waals surface area contributed by atoms with Crippen LogP contribution in [0.1, 0.15) is 0 Å². The van der Waals surface area contributed by atoms with Gasteiger partial charge in [-0.05, 0) is 23.3 Å². The summed E-state index contributed by atoms with van der Waals surface area (Å²) >= 11 is 0. The second-order valence-corrected chi connectivity index (χ2v) is 6.83. The molecular weight excluding hydrogens is 354 g/mol. The van der Waals surface area contributed by atoms with Crippen molar-refractivity contribution in [1.82, 2.24) is 14.8 Å². The summed E-state index contributed by atoms with van der Waals surface area (Å²) in [5, 5.41) is 9.09. The Morgan fingerprint density at radius 1 is 0.379 bits per heavy atom. The van der Waals surface area contributed by atoms with Gasteiger partial charge in [0.25, 0.3) is 0 Å². The van der Waals surface area contributed by atoms with Crippen molar-refractivity contribution in [1.29, 1.82) is 0 Å². The first kappa shape index (κ1) is 17.1. The molecule has 0 aliphatic rings. The maximum Gasteiger partial charge on any atom is 0.168 e. The lowest BCUT2D eigenvalue weighted by Gasteiger charge is -2.11. The van der Waals surface area contributed by atoms with E-state index in [1.54, 1.807) is 0 Å². The highest BCUT2D eigenvalue weighted by Crippen LogP contribution is 2.29. The number of hydrogen-bond acceptors (Lipinski definition) is 2. The summed E-state index contributed by atoms with van der Waals surface area (Å²) in [6.45, 7) is 0. The lowest BCUT2D eigenvalue weighted by molar-refractivity contribution is 1.07. The first-order valence-electron chi connectivity index (χ1n) is 9.62. The van der Waals surface area contributed by atoms with Crippen molar-refractivity contribution in [2.24, 2.45) is 0 Å². The highest BCUT2D eigenvalue weighted by Gasteiger charge is 2.16. The summed E-state index contributed by atoms with van der Waals surface area (Å²) in [5.41, 5.74) is 5.50. The number of para-hydroxylation sites is 1. The van der Waals surface area contributed by atoms with Crippen LogP contribution in [-0.2, 0) is 0 Å². The van der Waals surface area contributed by atoms with Crippen LogP contribution in [0, 0.1) is 0 Å². The summed E-state index contributed by atoms with van der Waals surface area (Å²) < 4.78 is 2.12. The maximum absolute atomic E-state index is 4.55. The van der Waals surface area contributed by atoms with Gasteiger partial charge < -0.3 is 0 Å². The van der Waals surface area contributed by atoms with E-state index >= 15 is 0 Å². The number of benzene rings is 4.